The standard InChI is InChI=1S/C22H22N4O2S/c1-14-7-9-17(10-8-14)26-15(2)12-18(16(26)3)19(27)13-29-22-24-23-21(25(22)4)20-6-5-11-28-20/h5-12H,13H2,1-4H3. The van der Waals surface area contributed by atoms with Gasteiger partial charge in [-0.15, -0.1) is 10.2 Å². The fourth-order valence-electron chi connectivity index (χ4n) is 3.41. The fourth-order valence-corrected chi connectivity index (χ4v) is 4.20. The van der Waals surface area contributed by atoms with Crippen LogP contribution in [0.25, 0.3) is 17.3 Å². The van der Waals surface area contributed by atoms with E-state index in [4.69, 9.17) is 4.42 Å². The second kappa shape index (κ2) is 7.75. The number of benzene rings is 1. The molecular weight excluding hydrogens is 384 g/mol. The summed E-state index contributed by atoms with van der Waals surface area (Å²) in [4.78, 5) is 12.9. The van der Waals surface area contributed by atoms with E-state index < -0.39 is 0 Å². The largest absolute Gasteiger partial charge is 0.461 e. The van der Waals surface area contributed by atoms with Gasteiger partial charge in [0.15, 0.2) is 22.5 Å². The lowest BCUT2D eigenvalue weighted by molar-refractivity contribution is 0.102. The van der Waals surface area contributed by atoms with E-state index in [1.165, 1.54) is 17.3 Å². The van der Waals surface area contributed by atoms with Crippen LogP contribution in [0.5, 0.6) is 0 Å². The normalized spacial score (nSPS) is 11.2. The highest BCUT2D eigenvalue weighted by molar-refractivity contribution is 7.99. The summed E-state index contributed by atoms with van der Waals surface area (Å²) in [7, 11) is 1.87. The van der Waals surface area contributed by atoms with Gasteiger partial charge in [-0.25, -0.2) is 0 Å². The number of carbonyl (C=O) groups is 1. The number of Topliss-reactive ketones (excluding diaryl/α,β-unsaturated/α-hetero) is 1. The Balaban J connectivity index is 1.53. The van der Waals surface area contributed by atoms with E-state index in [9.17, 15) is 4.79 Å². The molecular formula is C22H22N4O2S. The molecule has 0 radical (unpaired) electrons. The first kappa shape index (κ1) is 19.3. The fraction of sp³-hybridized carbons (Fsp3) is 0.227. The zero-order valence-electron chi connectivity index (χ0n) is 16.8. The van der Waals surface area contributed by atoms with Crippen molar-refractivity contribution in [3.8, 4) is 17.3 Å². The number of rotatable bonds is 6. The highest BCUT2D eigenvalue weighted by atomic mass is 32.2. The van der Waals surface area contributed by atoms with Crippen molar-refractivity contribution in [2.24, 2.45) is 7.05 Å². The van der Waals surface area contributed by atoms with Crippen LogP contribution in [-0.4, -0.2) is 30.9 Å². The number of carbonyl (C=O) groups excluding carboxylic acids is 1. The summed E-state index contributed by atoms with van der Waals surface area (Å²) in [6.45, 7) is 6.08. The molecule has 3 aromatic heterocycles. The second-order valence-electron chi connectivity index (χ2n) is 7.01. The number of ketones is 1. The number of nitrogens with zero attached hydrogens (tertiary/aromatic N) is 4. The summed E-state index contributed by atoms with van der Waals surface area (Å²) in [5.74, 6) is 1.66. The Labute approximate surface area is 173 Å². The van der Waals surface area contributed by atoms with Crippen LogP contribution in [0.15, 0.2) is 58.3 Å². The summed E-state index contributed by atoms with van der Waals surface area (Å²) in [6, 6.07) is 13.9. The first-order chi connectivity index (χ1) is 14.0. The molecule has 0 fully saturated rings. The van der Waals surface area contributed by atoms with Crippen molar-refractivity contribution in [3.63, 3.8) is 0 Å². The van der Waals surface area contributed by atoms with Gasteiger partial charge >= 0.3 is 0 Å². The summed E-state index contributed by atoms with van der Waals surface area (Å²) in [5.41, 5.74) is 5.00. The molecule has 0 amide bonds. The second-order valence-corrected chi connectivity index (χ2v) is 7.95. The Morgan fingerprint density at radius 3 is 2.55 bits per heavy atom. The SMILES string of the molecule is Cc1ccc(-n2c(C)cc(C(=O)CSc3nnc(-c4ccco4)n3C)c2C)cc1. The third-order valence-corrected chi connectivity index (χ3v) is 5.95. The third-order valence-electron chi connectivity index (χ3n) is 4.93. The van der Waals surface area contributed by atoms with E-state index in [0.29, 0.717) is 22.5 Å². The summed E-state index contributed by atoms with van der Waals surface area (Å²) in [5, 5.41) is 9.05. The maximum atomic E-state index is 12.9. The number of hydrogen-bond acceptors (Lipinski definition) is 5. The van der Waals surface area contributed by atoms with E-state index >= 15 is 0 Å². The van der Waals surface area contributed by atoms with E-state index in [2.05, 4.69) is 46.0 Å². The average molecular weight is 407 g/mol. The number of aromatic nitrogens is 4. The summed E-state index contributed by atoms with van der Waals surface area (Å²) in [6.07, 6.45) is 1.60. The Bertz CT molecular complexity index is 1150. The average Bonchev–Trinajstić information content (AvgIpc) is 3.41. The maximum Gasteiger partial charge on any atom is 0.200 e. The Hall–Kier alpha value is -3.06. The molecule has 0 aliphatic heterocycles. The first-order valence-electron chi connectivity index (χ1n) is 9.31. The van der Waals surface area contributed by atoms with Gasteiger partial charge in [-0.3, -0.25) is 4.79 Å². The van der Waals surface area contributed by atoms with Gasteiger partial charge in [0.25, 0.3) is 0 Å². The van der Waals surface area contributed by atoms with Gasteiger partial charge in [-0.05, 0) is 51.1 Å². The number of aryl methyl sites for hydroxylation is 2. The van der Waals surface area contributed by atoms with Gasteiger partial charge in [-0.1, -0.05) is 29.5 Å². The van der Waals surface area contributed by atoms with Crippen LogP contribution >= 0.6 is 11.8 Å². The predicted octanol–water partition coefficient (Wildman–Crippen LogP) is 4.77. The molecule has 0 unspecified atom stereocenters. The van der Waals surface area contributed by atoms with Crippen molar-refractivity contribution in [1.82, 2.24) is 19.3 Å². The number of thioether (sulfide) groups is 1. The van der Waals surface area contributed by atoms with Crippen molar-refractivity contribution in [1.29, 1.82) is 0 Å². The quantitative estimate of drug-likeness (QED) is 0.341. The van der Waals surface area contributed by atoms with Crippen LogP contribution in [0.3, 0.4) is 0 Å². The monoisotopic (exact) mass is 406 g/mol. The molecule has 148 valence electrons. The van der Waals surface area contributed by atoms with Gasteiger partial charge in [0.05, 0.1) is 12.0 Å². The van der Waals surface area contributed by atoms with Crippen molar-refractivity contribution >= 4 is 17.5 Å². The summed E-state index contributed by atoms with van der Waals surface area (Å²) < 4.78 is 9.35. The van der Waals surface area contributed by atoms with E-state index in [1.54, 1.807) is 6.26 Å². The number of hydrogen-bond donors (Lipinski definition) is 0. The van der Waals surface area contributed by atoms with Crippen molar-refractivity contribution in [2.75, 3.05) is 5.75 Å². The lowest BCUT2D eigenvalue weighted by Gasteiger charge is -2.10. The molecule has 6 nitrogen and oxygen atoms in total. The van der Waals surface area contributed by atoms with E-state index in [-0.39, 0.29) is 5.78 Å². The predicted molar refractivity (Wildman–Crippen MR) is 114 cm³/mol. The van der Waals surface area contributed by atoms with Crippen LogP contribution < -0.4 is 0 Å². The van der Waals surface area contributed by atoms with E-state index in [1.807, 2.05) is 43.7 Å². The highest BCUT2D eigenvalue weighted by Crippen LogP contribution is 2.26. The topological polar surface area (TPSA) is 65.8 Å². The smallest absolute Gasteiger partial charge is 0.200 e. The molecule has 4 rings (SSSR count). The van der Waals surface area contributed by atoms with Gasteiger partial charge in [-0.2, -0.15) is 0 Å². The molecule has 0 bridgehead atoms. The van der Waals surface area contributed by atoms with Crippen molar-refractivity contribution < 1.29 is 9.21 Å². The summed E-state index contributed by atoms with van der Waals surface area (Å²) >= 11 is 1.38. The lowest BCUT2D eigenvalue weighted by Crippen LogP contribution is -2.06. The van der Waals surface area contributed by atoms with Crippen LogP contribution in [0.4, 0.5) is 0 Å². The van der Waals surface area contributed by atoms with Gasteiger partial charge in [0, 0.05) is 29.7 Å². The van der Waals surface area contributed by atoms with Crippen LogP contribution in [-0.2, 0) is 7.05 Å². The third kappa shape index (κ3) is 3.65. The highest BCUT2D eigenvalue weighted by Gasteiger charge is 2.19. The molecule has 0 atom stereocenters. The van der Waals surface area contributed by atoms with Gasteiger partial charge in [0.2, 0.25) is 0 Å². The first-order valence-corrected chi connectivity index (χ1v) is 10.3. The Morgan fingerprint density at radius 1 is 1.10 bits per heavy atom. The molecule has 1 aromatic carbocycles. The molecule has 0 saturated heterocycles. The maximum absolute atomic E-state index is 12.9. The van der Waals surface area contributed by atoms with Crippen molar-refractivity contribution in [3.05, 3.63) is 71.2 Å². The zero-order valence-corrected chi connectivity index (χ0v) is 17.7. The van der Waals surface area contributed by atoms with Gasteiger partial charge in [0.1, 0.15) is 0 Å². The molecule has 0 spiro atoms. The molecule has 0 N–H and O–H groups in total. The molecule has 0 aliphatic rings. The minimum absolute atomic E-state index is 0.0732. The molecule has 4 aromatic rings. The van der Waals surface area contributed by atoms with Crippen LogP contribution in [0.1, 0.15) is 27.3 Å². The zero-order chi connectivity index (χ0) is 20.5. The molecule has 29 heavy (non-hydrogen) atoms. The Morgan fingerprint density at radius 2 is 1.86 bits per heavy atom. The molecule has 0 saturated carbocycles. The minimum Gasteiger partial charge on any atom is -0.461 e. The lowest BCUT2D eigenvalue weighted by atomic mass is 10.2. The van der Waals surface area contributed by atoms with Crippen LogP contribution in [0, 0.1) is 20.8 Å². The molecule has 7 heteroatoms. The van der Waals surface area contributed by atoms with Gasteiger partial charge < -0.3 is 13.6 Å². The van der Waals surface area contributed by atoms with Crippen LogP contribution in [0.2, 0.25) is 0 Å². The number of furan rings is 1. The Kier molecular flexibility index (Phi) is 5.15. The van der Waals surface area contributed by atoms with E-state index in [0.717, 1.165) is 22.6 Å². The van der Waals surface area contributed by atoms with Crippen molar-refractivity contribution in [2.45, 2.75) is 25.9 Å². The minimum atomic E-state index is 0.0732. The molecule has 3 heterocycles. The molecule has 0 aliphatic carbocycles.